The Hall–Kier alpha value is -3.36. The molecule has 118 valence electrons. The number of nitrogen functional groups attached to an aromatic ring is 1. The van der Waals surface area contributed by atoms with Crippen molar-refractivity contribution in [1.29, 1.82) is 0 Å². The third-order valence-electron chi connectivity index (χ3n) is 3.30. The lowest BCUT2D eigenvalue weighted by molar-refractivity contribution is 0.0602. The minimum absolute atomic E-state index is 0.0470. The molecule has 3 rings (SSSR count). The molecule has 0 fully saturated rings. The number of pyridine rings is 1. The number of hydrogen-bond acceptors (Lipinski definition) is 7. The Morgan fingerprint density at radius 3 is 2.91 bits per heavy atom. The van der Waals surface area contributed by atoms with Crippen molar-refractivity contribution in [2.45, 2.75) is 6.54 Å². The number of anilines is 1. The van der Waals surface area contributed by atoms with Crippen molar-refractivity contribution in [3.63, 3.8) is 0 Å². The molecule has 0 bridgehead atoms. The van der Waals surface area contributed by atoms with Gasteiger partial charge >= 0.3 is 11.7 Å². The number of furan rings is 1. The van der Waals surface area contributed by atoms with Gasteiger partial charge in [-0.1, -0.05) is 0 Å². The summed E-state index contributed by atoms with van der Waals surface area (Å²) < 4.78 is 11.0. The van der Waals surface area contributed by atoms with Crippen LogP contribution in [0.25, 0.3) is 11.0 Å². The Labute approximate surface area is 128 Å². The normalized spacial score (nSPS) is 10.8. The number of H-pyrrole nitrogens is 1. The highest BCUT2D eigenvalue weighted by atomic mass is 16.5. The van der Waals surface area contributed by atoms with Crippen LogP contribution in [-0.2, 0) is 11.3 Å². The molecule has 0 saturated heterocycles. The van der Waals surface area contributed by atoms with Gasteiger partial charge < -0.3 is 14.9 Å². The van der Waals surface area contributed by atoms with Crippen LogP contribution in [0.15, 0.2) is 38.5 Å². The van der Waals surface area contributed by atoms with Crippen molar-refractivity contribution < 1.29 is 13.9 Å². The predicted octanol–water partition coefficient (Wildman–Crippen LogP) is 0.0949. The Morgan fingerprint density at radius 1 is 1.48 bits per heavy atom. The lowest BCUT2D eigenvalue weighted by atomic mass is 10.2. The Balaban J connectivity index is 2.29. The number of rotatable bonds is 3. The second-order valence-corrected chi connectivity index (χ2v) is 4.71. The number of aromatic amines is 1. The van der Waals surface area contributed by atoms with Crippen molar-refractivity contribution in [1.82, 2.24) is 14.5 Å². The molecule has 0 atom stereocenters. The molecule has 23 heavy (non-hydrogen) atoms. The molecule has 0 unspecified atom stereocenters. The van der Waals surface area contributed by atoms with Gasteiger partial charge in [-0.3, -0.25) is 14.3 Å². The summed E-state index contributed by atoms with van der Waals surface area (Å²) >= 11 is 0. The summed E-state index contributed by atoms with van der Waals surface area (Å²) in [5.41, 5.74) is 4.43. The van der Waals surface area contributed by atoms with Crippen LogP contribution in [0.1, 0.15) is 16.1 Å². The minimum Gasteiger partial charge on any atom is -0.467 e. The number of aromatic nitrogens is 3. The van der Waals surface area contributed by atoms with Crippen molar-refractivity contribution in [2.24, 2.45) is 0 Å². The number of carbonyl (C=O) groups is 1. The number of methoxy groups -OCH3 is 1. The van der Waals surface area contributed by atoms with Crippen LogP contribution in [0, 0.1) is 0 Å². The fraction of sp³-hybridized carbons (Fsp3) is 0.143. The lowest BCUT2D eigenvalue weighted by Crippen LogP contribution is -2.31. The molecular weight excluding hydrogens is 304 g/mol. The summed E-state index contributed by atoms with van der Waals surface area (Å²) in [6, 6.07) is 4.60. The van der Waals surface area contributed by atoms with Gasteiger partial charge in [-0.25, -0.2) is 14.6 Å². The number of fused-ring (bicyclic) bond motifs is 1. The first-order valence-electron chi connectivity index (χ1n) is 6.55. The Kier molecular flexibility index (Phi) is 3.45. The first-order chi connectivity index (χ1) is 11.0. The summed E-state index contributed by atoms with van der Waals surface area (Å²) in [5, 5.41) is 0.0470. The summed E-state index contributed by atoms with van der Waals surface area (Å²) in [6.45, 7) is 0.0587. The van der Waals surface area contributed by atoms with Crippen molar-refractivity contribution in [3.05, 3.63) is 56.6 Å². The van der Waals surface area contributed by atoms with E-state index in [1.54, 1.807) is 12.1 Å². The maximum Gasteiger partial charge on any atom is 0.341 e. The molecular formula is C14H12N4O5. The second kappa shape index (κ2) is 5.44. The maximum atomic E-state index is 12.1. The molecule has 0 aliphatic carbocycles. The van der Waals surface area contributed by atoms with E-state index in [9.17, 15) is 14.4 Å². The summed E-state index contributed by atoms with van der Waals surface area (Å²) in [5.74, 6) is -0.361. The summed E-state index contributed by atoms with van der Waals surface area (Å²) in [4.78, 5) is 41.9. The number of nitrogens with one attached hydrogen (secondary N) is 1. The van der Waals surface area contributed by atoms with Gasteiger partial charge in [0.15, 0.2) is 5.65 Å². The van der Waals surface area contributed by atoms with Crippen LogP contribution in [-0.4, -0.2) is 27.6 Å². The van der Waals surface area contributed by atoms with E-state index in [1.165, 1.54) is 24.0 Å². The SMILES string of the molecule is COC(=O)c1cc2c(=O)[nH]c(=O)n(Cc3ccco3)c2nc1N. The van der Waals surface area contributed by atoms with E-state index in [0.717, 1.165) is 0 Å². The summed E-state index contributed by atoms with van der Waals surface area (Å²) in [6.07, 6.45) is 1.46. The van der Waals surface area contributed by atoms with Crippen LogP contribution in [0.2, 0.25) is 0 Å². The molecule has 0 aliphatic heterocycles. The molecule has 0 aliphatic rings. The van der Waals surface area contributed by atoms with E-state index in [4.69, 9.17) is 10.2 Å². The zero-order valence-electron chi connectivity index (χ0n) is 12.0. The molecule has 9 heteroatoms. The van der Waals surface area contributed by atoms with E-state index in [1.807, 2.05) is 0 Å². The maximum absolute atomic E-state index is 12.1. The van der Waals surface area contributed by atoms with E-state index >= 15 is 0 Å². The fourth-order valence-corrected chi connectivity index (χ4v) is 2.20. The topological polar surface area (TPSA) is 133 Å². The van der Waals surface area contributed by atoms with E-state index < -0.39 is 17.2 Å². The van der Waals surface area contributed by atoms with Crippen LogP contribution in [0.5, 0.6) is 0 Å². The molecule has 0 saturated carbocycles. The number of nitrogens with zero attached hydrogens (tertiary/aromatic N) is 2. The van der Waals surface area contributed by atoms with Gasteiger partial charge in [-0.2, -0.15) is 0 Å². The molecule has 0 radical (unpaired) electrons. The van der Waals surface area contributed by atoms with Gasteiger partial charge in [0.1, 0.15) is 17.1 Å². The molecule has 9 nitrogen and oxygen atoms in total. The number of ether oxygens (including phenoxy) is 1. The van der Waals surface area contributed by atoms with Crippen LogP contribution in [0.3, 0.4) is 0 Å². The summed E-state index contributed by atoms with van der Waals surface area (Å²) in [7, 11) is 1.19. The molecule has 0 spiro atoms. The largest absolute Gasteiger partial charge is 0.467 e. The minimum atomic E-state index is -0.722. The van der Waals surface area contributed by atoms with E-state index in [0.29, 0.717) is 5.76 Å². The van der Waals surface area contributed by atoms with Gasteiger partial charge in [0.2, 0.25) is 0 Å². The first-order valence-corrected chi connectivity index (χ1v) is 6.55. The number of hydrogen-bond donors (Lipinski definition) is 2. The lowest BCUT2D eigenvalue weighted by Gasteiger charge is -2.09. The highest BCUT2D eigenvalue weighted by Crippen LogP contribution is 2.16. The van der Waals surface area contributed by atoms with Gasteiger partial charge in [-0.15, -0.1) is 0 Å². The van der Waals surface area contributed by atoms with Gasteiger partial charge in [0, 0.05) is 0 Å². The monoisotopic (exact) mass is 316 g/mol. The molecule has 0 amide bonds. The van der Waals surface area contributed by atoms with E-state index in [-0.39, 0.29) is 29.0 Å². The average Bonchev–Trinajstić information content (AvgIpc) is 3.03. The first kappa shape index (κ1) is 14.6. The van der Waals surface area contributed by atoms with Gasteiger partial charge in [0.25, 0.3) is 5.56 Å². The molecule has 0 aromatic carbocycles. The van der Waals surface area contributed by atoms with Crippen LogP contribution in [0.4, 0.5) is 5.82 Å². The quantitative estimate of drug-likeness (QED) is 0.654. The van der Waals surface area contributed by atoms with Gasteiger partial charge in [0.05, 0.1) is 25.3 Å². The Morgan fingerprint density at radius 2 is 2.26 bits per heavy atom. The third-order valence-corrected chi connectivity index (χ3v) is 3.30. The number of nitrogens with two attached hydrogens (primary N) is 1. The van der Waals surface area contributed by atoms with Gasteiger partial charge in [-0.05, 0) is 18.2 Å². The van der Waals surface area contributed by atoms with Crippen molar-refractivity contribution in [2.75, 3.05) is 12.8 Å². The van der Waals surface area contributed by atoms with Crippen LogP contribution >= 0.6 is 0 Å². The van der Waals surface area contributed by atoms with E-state index in [2.05, 4.69) is 14.7 Å². The average molecular weight is 316 g/mol. The number of esters is 1. The van der Waals surface area contributed by atoms with Crippen molar-refractivity contribution >= 4 is 22.8 Å². The smallest absolute Gasteiger partial charge is 0.341 e. The highest BCUT2D eigenvalue weighted by molar-refractivity contribution is 5.97. The molecule has 3 aromatic heterocycles. The number of carbonyl (C=O) groups excluding carboxylic acids is 1. The standard InChI is InChI=1S/C14H12N4O5/c1-22-13(20)8-5-9-11(16-10(8)15)18(14(21)17-12(9)19)6-7-3-2-4-23-7/h2-5H,6H2,1H3,(H2,15,16)(H,17,19,21). The Bertz CT molecular complexity index is 1000. The zero-order chi connectivity index (χ0) is 16.6. The fourth-order valence-electron chi connectivity index (χ4n) is 2.20. The molecule has 3 aromatic rings. The third kappa shape index (κ3) is 2.48. The molecule has 3 N–H and O–H groups in total. The highest BCUT2D eigenvalue weighted by Gasteiger charge is 2.17. The predicted molar refractivity (Wildman–Crippen MR) is 80.2 cm³/mol. The second-order valence-electron chi connectivity index (χ2n) is 4.71. The van der Waals surface area contributed by atoms with Crippen LogP contribution < -0.4 is 17.0 Å². The van der Waals surface area contributed by atoms with Crippen molar-refractivity contribution in [3.8, 4) is 0 Å². The molecule has 3 heterocycles. The zero-order valence-corrected chi connectivity index (χ0v) is 12.0.